The third-order valence-electron chi connectivity index (χ3n) is 3.43. The van der Waals surface area contributed by atoms with Gasteiger partial charge in [-0.3, -0.25) is 0 Å². The molecule has 7 heteroatoms. The molecule has 110 valence electrons. The molecular weight excluding hydrogens is 284 g/mol. The highest BCUT2D eigenvalue weighted by Crippen LogP contribution is 2.29. The molecule has 1 saturated carbocycles. The van der Waals surface area contributed by atoms with Gasteiger partial charge in [0, 0.05) is 19.6 Å². The van der Waals surface area contributed by atoms with Crippen LogP contribution in [0.5, 0.6) is 0 Å². The van der Waals surface area contributed by atoms with E-state index in [9.17, 15) is 0 Å². The van der Waals surface area contributed by atoms with Crippen molar-refractivity contribution in [3.8, 4) is 0 Å². The molecule has 0 unspecified atom stereocenters. The molecule has 0 radical (unpaired) electrons. The SMILES string of the molecule is CCNC(=S)Nc1cnc2ccc(N(C)C3CC3)nc2n1. The van der Waals surface area contributed by atoms with Gasteiger partial charge in [0.15, 0.2) is 16.6 Å². The highest BCUT2D eigenvalue weighted by atomic mass is 32.1. The molecule has 1 aliphatic carbocycles. The Kier molecular flexibility index (Phi) is 3.83. The fourth-order valence-corrected chi connectivity index (χ4v) is 2.36. The first-order valence-electron chi connectivity index (χ1n) is 7.09. The first kappa shape index (κ1) is 13.9. The van der Waals surface area contributed by atoms with Crippen molar-refractivity contribution in [3.05, 3.63) is 18.3 Å². The van der Waals surface area contributed by atoms with E-state index in [1.807, 2.05) is 19.1 Å². The van der Waals surface area contributed by atoms with Gasteiger partial charge >= 0.3 is 0 Å². The minimum Gasteiger partial charge on any atom is -0.363 e. The lowest BCUT2D eigenvalue weighted by molar-refractivity contribution is 0.895. The molecule has 2 N–H and O–H groups in total. The second kappa shape index (κ2) is 5.77. The van der Waals surface area contributed by atoms with Gasteiger partial charge in [-0.1, -0.05) is 0 Å². The summed E-state index contributed by atoms with van der Waals surface area (Å²) in [6, 6.07) is 4.56. The second-order valence-corrected chi connectivity index (χ2v) is 5.50. The van der Waals surface area contributed by atoms with E-state index in [4.69, 9.17) is 12.2 Å². The Bertz CT molecular complexity index is 670. The fraction of sp³-hybridized carbons (Fsp3) is 0.429. The van der Waals surface area contributed by atoms with E-state index >= 15 is 0 Å². The van der Waals surface area contributed by atoms with Gasteiger partial charge < -0.3 is 15.5 Å². The molecule has 0 aromatic carbocycles. The van der Waals surface area contributed by atoms with Crippen molar-refractivity contribution >= 4 is 40.1 Å². The van der Waals surface area contributed by atoms with E-state index in [1.54, 1.807) is 6.20 Å². The molecule has 2 aromatic rings. The molecule has 2 aromatic heterocycles. The zero-order chi connectivity index (χ0) is 14.8. The maximum Gasteiger partial charge on any atom is 0.182 e. The topological polar surface area (TPSA) is 66.0 Å². The van der Waals surface area contributed by atoms with Gasteiger partial charge in [0.2, 0.25) is 0 Å². The average Bonchev–Trinajstić information content (AvgIpc) is 3.30. The standard InChI is InChI=1S/C14H18N6S/c1-3-15-14(21)18-11-8-16-10-6-7-12(19-13(10)17-11)20(2)9-4-5-9/h6-9H,3-5H2,1-2H3,(H2,15,17,18,19,21). The summed E-state index contributed by atoms with van der Waals surface area (Å²) in [5, 5.41) is 6.57. The van der Waals surface area contributed by atoms with E-state index in [2.05, 4.69) is 37.5 Å². The monoisotopic (exact) mass is 302 g/mol. The minimum atomic E-state index is 0.539. The number of hydrogen-bond acceptors (Lipinski definition) is 5. The Balaban J connectivity index is 1.86. The number of pyridine rings is 1. The van der Waals surface area contributed by atoms with Gasteiger partial charge in [0.1, 0.15) is 11.3 Å². The van der Waals surface area contributed by atoms with Crippen LogP contribution in [-0.4, -0.2) is 39.7 Å². The first-order valence-corrected chi connectivity index (χ1v) is 7.49. The lowest BCUT2D eigenvalue weighted by Gasteiger charge is -2.17. The molecule has 2 heterocycles. The zero-order valence-corrected chi connectivity index (χ0v) is 12.9. The molecule has 0 atom stereocenters. The largest absolute Gasteiger partial charge is 0.363 e. The highest BCUT2D eigenvalue weighted by Gasteiger charge is 2.27. The van der Waals surface area contributed by atoms with Crippen molar-refractivity contribution < 1.29 is 0 Å². The van der Waals surface area contributed by atoms with Gasteiger partial charge in [-0.25, -0.2) is 15.0 Å². The smallest absolute Gasteiger partial charge is 0.182 e. The van der Waals surface area contributed by atoms with Crippen molar-refractivity contribution in [2.75, 3.05) is 23.8 Å². The average molecular weight is 302 g/mol. The lowest BCUT2D eigenvalue weighted by Crippen LogP contribution is -2.28. The summed E-state index contributed by atoms with van der Waals surface area (Å²) < 4.78 is 0. The number of thiocarbonyl (C=S) groups is 1. The number of nitrogens with one attached hydrogen (secondary N) is 2. The van der Waals surface area contributed by atoms with Crippen molar-refractivity contribution in [2.45, 2.75) is 25.8 Å². The lowest BCUT2D eigenvalue weighted by atomic mass is 10.3. The predicted octanol–water partition coefficient (Wildman–Crippen LogP) is 1.93. The molecule has 3 rings (SSSR count). The number of rotatable bonds is 4. The maximum absolute atomic E-state index is 5.15. The number of fused-ring (bicyclic) bond motifs is 1. The van der Waals surface area contributed by atoms with Crippen molar-refractivity contribution in [1.82, 2.24) is 20.3 Å². The molecule has 1 fully saturated rings. The normalized spacial score (nSPS) is 14.0. The van der Waals surface area contributed by atoms with E-state index < -0.39 is 0 Å². The number of anilines is 2. The van der Waals surface area contributed by atoms with Crippen molar-refractivity contribution in [3.63, 3.8) is 0 Å². The second-order valence-electron chi connectivity index (χ2n) is 5.09. The molecule has 0 amide bonds. The summed E-state index contributed by atoms with van der Waals surface area (Å²) in [4.78, 5) is 15.6. The van der Waals surface area contributed by atoms with Gasteiger partial charge in [-0.2, -0.15) is 0 Å². The third-order valence-corrected chi connectivity index (χ3v) is 3.67. The number of hydrogen-bond donors (Lipinski definition) is 2. The molecule has 0 spiro atoms. The minimum absolute atomic E-state index is 0.539. The van der Waals surface area contributed by atoms with Gasteiger partial charge in [0.05, 0.1) is 6.20 Å². The van der Waals surface area contributed by atoms with Crippen LogP contribution in [-0.2, 0) is 0 Å². The fourth-order valence-electron chi connectivity index (χ4n) is 2.11. The summed E-state index contributed by atoms with van der Waals surface area (Å²) in [6.07, 6.45) is 4.14. The Labute approximate surface area is 129 Å². The van der Waals surface area contributed by atoms with Crippen molar-refractivity contribution in [1.29, 1.82) is 0 Å². The summed E-state index contributed by atoms with van der Waals surface area (Å²) >= 11 is 5.15. The Morgan fingerprint density at radius 3 is 2.90 bits per heavy atom. The van der Waals surface area contributed by atoms with E-state index in [0.29, 0.717) is 22.6 Å². The summed E-state index contributed by atoms with van der Waals surface area (Å²) in [5.74, 6) is 1.54. The summed E-state index contributed by atoms with van der Waals surface area (Å²) in [6.45, 7) is 2.75. The summed E-state index contributed by atoms with van der Waals surface area (Å²) in [5.41, 5.74) is 1.41. The predicted molar refractivity (Wildman–Crippen MR) is 88.7 cm³/mol. The van der Waals surface area contributed by atoms with Crippen LogP contribution >= 0.6 is 12.2 Å². The first-order chi connectivity index (χ1) is 10.2. The van der Waals surface area contributed by atoms with Crippen LogP contribution in [0.4, 0.5) is 11.6 Å². The van der Waals surface area contributed by atoms with Gasteiger partial charge in [0.25, 0.3) is 0 Å². The van der Waals surface area contributed by atoms with E-state index in [-0.39, 0.29) is 0 Å². The third kappa shape index (κ3) is 3.18. The van der Waals surface area contributed by atoms with Crippen LogP contribution in [0.2, 0.25) is 0 Å². The molecule has 0 bridgehead atoms. The van der Waals surface area contributed by atoms with Crippen LogP contribution in [0.25, 0.3) is 11.2 Å². The van der Waals surface area contributed by atoms with Gasteiger partial charge in [-0.05, 0) is 44.1 Å². The van der Waals surface area contributed by atoms with Crippen LogP contribution in [0.1, 0.15) is 19.8 Å². The Morgan fingerprint density at radius 1 is 1.38 bits per heavy atom. The molecule has 21 heavy (non-hydrogen) atoms. The van der Waals surface area contributed by atoms with Crippen molar-refractivity contribution in [2.24, 2.45) is 0 Å². The Hall–Kier alpha value is -2.02. The maximum atomic E-state index is 5.15. The molecule has 6 nitrogen and oxygen atoms in total. The van der Waals surface area contributed by atoms with E-state index in [1.165, 1.54) is 12.8 Å². The summed E-state index contributed by atoms with van der Waals surface area (Å²) in [7, 11) is 2.07. The molecule has 0 aliphatic heterocycles. The quantitative estimate of drug-likeness (QED) is 0.837. The molecule has 1 aliphatic rings. The Morgan fingerprint density at radius 2 is 2.19 bits per heavy atom. The van der Waals surface area contributed by atoms with Crippen LogP contribution < -0.4 is 15.5 Å². The molecule has 0 saturated heterocycles. The van der Waals surface area contributed by atoms with Gasteiger partial charge in [-0.15, -0.1) is 0 Å². The molecular formula is C14H18N6S. The van der Waals surface area contributed by atoms with Crippen LogP contribution in [0.3, 0.4) is 0 Å². The highest BCUT2D eigenvalue weighted by molar-refractivity contribution is 7.80. The zero-order valence-electron chi connectivity index (χ0n) is 12.1. The number of aromatic nitrogens is 3. The van der Waals surface area contributed by atoms with Crippen LogP contribution in [0.15, 0.2) is 18.3 Å². The van der Waals surface area contributed by atoms with Crippen LogP contribution in [0, 0.1) is 0 Å². The van der Waals surface area contributed by atoms with E-state index in [0.717, 1.165) is 17.9 Å². The number of nitrogens with zero attached hydrogens (tertiary/aromatic N) is 4.